The maximum atomic E-state index is 13.6. The molecule has 0 radical (unpaired) electrons. The first-order valence-electron chi connectivity index (χ1n) is 14.0. The van der Waals surface area contributed by atoms with E-state index in [1.165, 1.54) is 12.1 Å². The number of fused-ring (bicyclic) bond motifs is 2. The second-order valence-electron chi connectivity index (χ2n) is 10.9. The molecule has 7 rings (SSSR count). The second kappa shape index (κ2) is 10.2. The minimum absolute atomic E-state index is 0.200. The fraction of sp³-hybridized carbons (Fsp3) is 0.143. The van der Waals surface area contributed by atoms with Crippen molar-refractivity contribution >= 4 is 22.7 Å². The molecule has 2 aromatic heterocycles. The first-order valence-corrected chi connectivity index (χ1v) is 14.0. The van der Waals surface area contributed by atoms with Gasteiger partial charge in [0.05, 0.1) is 22.3 Å². The Labute approximate surface area is 247 Å². The van der Waals surface area contributed by atoms with Crippen molar-refractivity contribution in [2.75, 3.05) is 7.05 Å². The number of nitrogens with one attached hydrogen (secondary N) is 2. The van der Waals surface area contributed by atoms with E-state index in [-0.39, 0.29) is 17.6 Å². The maximum absolute atomic E-state index is 13.6. The summed E-state index contributed by atoms with van der Waals surface area (Å²) in [4.78, 5) is 35.5. The van der Waals surface area contributed by atoms with E-state index < -0.39 is 5.54 Å². The third-order valence-corrected chi connectivity index (χ3v) is 8.14. The summed E-state index contributed by atoms with van der Waals surface area (Å²) in [5.74, 6) is 0.0705. The fourth-order valence-electron chi connectivity index (χ4n) is 5.58. The smallest absolute Gasteiger partial charge is 0.255 e. The van der Waals surface area contributed by atoms with E-state index in [1.54, 1.807) is 37.6 Å². The van der Waals surface area contributed by atoms with Crippen LogP contribution in [0.1, 0.15) is 44.8 Å². The topological polar surface area (TPSA) is 97.1 Å². The lowest BCUT2D eigenvalue weighted by atomic mass is 10.0. The Balaban J connectivity index is 1.23. The van der Waals surface area contributed by atoms with Crippen molar-refractivity contribution in [3.8, 4) is 33.8 Å². The average molecular weight is 571 g/mol. The van der Waals surface area contributed by atoms with Crippen LogP contribution in [0.2, 0.25) is 0 Å². The normalized spacial score (nSPS) is 13.7. The molecule has 2 aliphatic carbocycles. The van der Waals surface area contributed by atoms with Gasteiger partial charge in [0.25, 0.3) is 11.8 Å². The largest absolute Gasteiger partial charge is 0.455 e. The number of halogens is 1. The highest BCUT2D eigenvalue weighted by Crippen LogP contribution is 2.45. The molecule has 4 aromatic rings. The molecular formula is C35H27FN4O3. The molecule has 1 fully saturated rings. The molecule has 0 unspecified atom stereocenters. The zero-order valence-electron chi connectivity index (χ0n) is 23.6. The van der Waals surface area contributed by atoms with Gasteiger partial charge < -0.3 is 15.1 Å². The highest BCUT2D eigenvalue weighted by molar-refractivity contribution is 6.08. The molecule has 1 aliphatic heterocycles. The number of aromatic nitrogens is 2. The van der Waals surface area contributed by atoms with E-state index in [2.05, 4.69) is 15.6 Å². The van der Waals surface area contributed by atoms with Crippen LogP contribution in [0.15, 0.2) is 95.7 Å². The zero-order valence-corrected chi connectivity index (χ0v) is 23.6. The highest BCUT2D eigenvalue weighted by atomic mass is 19.1. The molecule has 0 spiro atoms. The van der Waals surface area contributed by atoms with E-state index in [0.29, 0.717) is 33.8 Å². The van der Waals surface area contributed by atoms with Crippen molar-refractivity contribution in [2.24, 2.45) is 0 Å². The lowest BCUT2D eigenvalue weighted by Gasteiger charge is -2.18. The molecule has 43 heavy (non-hydrogen) atoms. The summed E-state index contributed by atoms with van der Waals surface area (Å²) in [6.45, 7) is 1.95. The number of rotatable bonds is 6. The van der Waals surface area contributed by atoms with E-state index in [1.807, 2.05) is 55.5 Å². The third kappa shape index (κ3) is 4.70. The fourth-order valence-corrected chi connectivity index (χ4v) is 5.58. The molecule has 7 nitrogen and oxygen atoms in total. The summed E-state index contributed by atoms with van der Waals surface area (Å²) >= 11 is 0. The van der Waals surface area contributed by atoms with Gasteiger partial charge in [0.1, 0.15) is 17.3 Å². The van der Waals surface area contributed by atoms with Crippen LogP contribution in [0.25, 0.3) is 44.7 Å². The van der Waals surface area contributed by atoms with Crippen LogP contribution in [0, 0.1) is 12.7 Å². The molecule has 0 saturated heterocycles. The molecule has 2 aromatic carbocycles. The van der Waals surface area contributed by atoms with Crippen LogP contribution in [-0.4, -0.2) is 28.8 Å². The van der Waals surface area contributed by atoms with Crippen LogP contribution in [0.5, 0.6) is 0 Å². The summed E-state index contributed by atoms with van der Waals surface area (Å²) in [7, 11) is 1.56. The first kappa shape index (κ1) is 26.5. The van der Waals surface area contributed by atoms with Crippen LogP contribution in [0.4, 0.5) is 4.39 Å². The van der Waals surface area contributed by atoms with Gasteiger partial charge in [-0.25, -0.2) is 4.39 Å². The number of carbonyl (C=O) groups excluding carboxylic acids is 2. The lowest BCUT2D eigenvalue weighted by molar-refractivity contribution is 0.0928. The van der Waals surface area contributed by atoms with Crippen molar-refractivity contribution in [1.29, 1.82) is 0 Å². The van der Waals surface area contributed by atoms with Gasteiger partial charge in [-0.2, -0.15) is 0 Å². The van der Waals surface area contributed by atoms with Crippen molar-refractivity contribution < 1.29 is 18.4 Å². The van der Waals surface area contributed by atoms with E-state index >= 15 is 0 Å². The Kier molecular flexibility index (Phi) is 6.27. The SMILES string of the molecule is CNC(=O)c1c(-c2ccc(F)cc2)cc2ccc(-c3cc(C(=O)NC4(c5ccc6cnccc6n5)CC4)ccc3C)oc1-2. The van der Waals surface area contributed by atoms with Gasteiger partial charge in [-0.15, -0.1) is 0 Å². The summed E-state index contributed by atoms with van der Waals surface area (Å²) in [6, 6.07) is 22.9. The lowest BCUT2D eigenvalue weighted by Crippen LogP contribution is -2.35. The first-order chi connectivity index (χ1) is 20.8. The van der Waals surface area contributed by atoms with E-state index in [0.717, 1.165) is 46.1 Å². The van der Waals surface area contributed by atoms with Gasteiger partial charge in [-0.05, 0) is 97.1 Å². The highest BCUT2D eigenvalue weighted by Gasteiger charge is 2.47. The average Bonchev–Trinajstić information content (AvgIpc) is 3.72. The molecule has 3 heterocycles. The number of pyridine rings is 2. The Hall–Kier alpha value is -5.37. The quantitative estimate of drug-likeness (QED) is 0.227. The Morgan fingerprint density at radius 3 is 2.44 bits per heavy atom. The predicted octanol–water partition coefficient (Wildman–Crippen LogP) is 6.89. The molecule has 2 N–H and O–H groups in total. The van der Waals surface area contributed by atoms with Gasteiger partial charge in [0.15, 0.2) is 0 Å². The van der Waals surface area contributed by atoms with Gasteiger partial charge in [0.2, 0.25) is 0 Å². The predicted molar refractivity (Wildman–Crippen MR) is 162 cm³/mol. The number of benzene rings is 2. The monoisotopic (exact) mass is 570 g/mol. The summed E-state index contributed by atoms with van der Waals surface area (Å²) in [5, 5.41) is 6.87. The summed E-state index contributed by atoms with van der Waals surface area (Å²) < 4.78 is 20.0. The third-order valence-electron chi connectivity index (χ3n) is 8.14. The van der Waals surface area contributed by atoms with Crippen molar-refractivity contribution in [2.45, 2.75) is 25.3 Å². The maximum Gasteiger partial charge on any atom is 0.255 e. The molecule has 1 saturated carbocycles. The van der Waals surface area contributed by atoms with E-state index in [4.69, 9.17) is 9.40 Å². The number of nitrogens with zero attached hydrogens (tertiary/aromatic N) is 2. The molecule has 3 aliphatic rings. The van der Waals surface area contributed by atoms with Gasteiger partial charge in [-0.3, -0.25) is 19.6 Å². The molecular weight excluding hydrogens is 543 g/mol. The zero-order chi connectivity index (χ0) is 29.7. The van der Waals surface area contributed by atoms with Crippen molar-refractivity contribution in [3.05, 3.63) is 119 Å². The summed E-state index contributed by atoms with van der Waals surface area (Å²) in [5.41, 5.74) is 5.78. The Morgan fingerprint density at radius 1 is 0.884 bits per heavy atom. The Bertz CT molecular complexity index is 2010. The molecule has 2 amide bonds. The van der Waals surface area contributed by atoms with Gasteiger partial charge in [0, 0.05) is 41.5 Å². The Morgan fingerprint density at radius 2 is 1.67 bits per heavy atom. The van der Waals surface area contributed by atoms with E-state index in [9.17, 15) is 14.0 Å². The van der Waals surface area contributed by atoms with Crippen LogP contribution < -0.4 is 10.6 Å². The molecule has 212 valence electrons. The number of hydrogen-bond acceptors (Lipinski definition) is 5. The van der Waals surface area contributed by atoms with Crippen molar-refractivity contribution in [3.63, 3.8) is 0 Å². The van der Waals surface area contributed by atoms with Crippen molar-refractivity contribution in [1.82, 2.24) is 20.6 Å². The van der Waals surface area contributed by atoms with Crippen LogP contribution in [-0.2, 0) is 5.54 Å². The summed E-state index contributed by atoms with van der Waals surface area (Å²) in [6.07, 6.45) is 5.10. The minimum Gasteiger partial charge on any atom is -0.455 e. The number of hydrogen-bond donors (Lipinski definition) is 2. The molecule has 0 atom stereocenters. The molecule has 0 bridgehead atoms. The number of amides is 2. The molecule has 8 heteroatoms. The van der Waals surface area contributed by atoms with Gasteiger partial charge in [-0.1, -0.05) is 18.2 Å². The number of carbonyl (C=O) groups is 2. The second-order valence-corrected chi connectivity index (χ2v) is 10.9. The van der Waals surface area contributed by atoms with Crippen LogP contribution in [0.3, 0.4) is 0 Å². The minimum atomic E-state index is -0.503. The van der Waals surface area contributed by atoms with Crippen LogP contribution >= 0.6 is 0 Å². The number of aryl methyl sites for hydroxylation is 1. The van der Waals surface area contributed by atoms with Gasteiger partial charge >= 0.3 is 0 Å². The standard InChI is InChI=1S/C35H27FN4O3/c1-20-3-4-23(33(41)40-35(14-15-35)30-12-8-24-19-38-16-13-28(24)39-30)18-26(20)29-11-7-22-17-27(21-5-9-25(36)10-6-21)31(32(22)43-29)34(42)37-2/h3-13,16-19H,14-15H2,1-2H3,(H,37,42)(H,40,41).